The van der Waals surface area contributed by atoms with Crippen LogP contribution in [0.5, 0.6) is 0 Å². The molecule has 0 aliphatic carbocycles. The average molecular weight is 431 g/mol. The summed E-state index contributed by atoms with van der Waals surface area (Å²) in [7, 11) is 0. The lowest BCUT2D eigenvalue weighted by Crippen LogP contribution is -2.35. The zero-order valence-electron chi connectivity index (χ0n) is 17.1. The summed E-state index contributed by atoms with van der Waals surface area (Å²) in [5.41, 5.74) is 4.26. The molecule has 1 aliphatic rings. The third-order valence-electron chi connectivity index (χ3n) is 5.55. The first-order valence-electron chi connectivity index (χ1n) is 10.2. The highest BCUT2D eigenvalue weighted by atomic mass is 19.2. The molecule has 4 aromatic rings. The van der Waals surface area contributed by atoms with E-state index in [1.807, 2.05) is 18.2 Å². The van der Waals surface area contributed by atoms with Gasteiger partial charge in [-0.3, -0.25) is 19.7 Å². The molecule has 0 unspecified atom stereocenters. The molecule has 5 rings (SSSR count). The monoisotopic (exact) mass is 431 g/mol. The summed E-state index contributed by atoms with van der Waals surface area (Å²) >= 11 is 0. The van der Waals surface area contributed by atoms with Crippen molar-refractivity contribution < 1.29 is 8.78 Å². The molecule has 1 N–H and O–H groups in total. The highest BCUT2D eigenvalue weighted by molar-refractivity contribution is 5.59. The molecule has 0 amide bonds. The number of benzene rings is 1. The highest BCUT2D eigenvalue weighted by Crippen LogP contribution is 2.22. The summed E-state index contributed by atoms with van der Waals surface area (Å²) in [4.78, 5) is 30.8. The Labute approximate surface area is 182 Å². The molecular formula is C24H19F2N5O. The molecule has 160 valence electrons. The van der Waals surface area contributed by atoms with Crippen molar-refractivity contribution in [3.05, 3.63) is 99.9 Å². The van der Waals surface area contributed by atoms with Crippen molar-refractivity contribution in [1.82, 2.24) is 24.8 Å². The van der Waals surface area contributed by atoms with Gasteiger partial charge in [-0.05, 0) is 42.0 Å². The van der Waals surface area contributed by atoms with Gasteiger partial charge in [-0.25, -0.2) is 13.8 Å². The summed E-state index contributed by atoms with van der Waals surface area (Å²) in [5.74, 6) is -1.22. The second kappa shape index (κ2) is 8.39. The zero-order chi connectivity index (χ0) is 22.1. The Balaban J connectivity index is 1.31. The van der Waals surface area contributed by atoms with Gasteiger partial charge in [0.15, 0.2) is 11.6 Å². The van der Waals surface area contributed by atoms with E-state index in [0.717, 1.165) is 35.5 Å². The van der Waals surface area contributed by atoms with Crippen LogP contribution in [0.25, 0.3) is 22.6 Å². The number of pyridine rings is 2. The second-order valence-electron chi connectivity index (χ2n) is 7.72. The number of hydrogen-bond acceptors (Lipinski definition) is 5. The van der Waals surface area contributed by atoms with Crippen LogP contribution in [0.3, 0.4) is 0 Å². The first-order valence-corrected chi connectivity index (χ1v) is 10.2. The lowest BCUT2D eigenvalue weighted by Gasteiger charge is -2.27. The molecule has 0 radical (unpaired) electrons. The molecule has 3 aromatic heterocycles. The van der Waals surface area contributed by atoms with Crippen molar-refractivity contribution in [1.29, 1.82) is 0 Å². The Hall–Kier alpha value is -3.78. The van der Waals surface area contributed by atoms with E-state index < -0.39 is 11.6 Å². The summed E-state index contributed by atoms with van der Waals surface area (Å²) in [5, 5.41) is 0. The molecule has 32 heavy (non-hydrogen) atoms. The van der Waals surface area contributed by atoms with Gasteiger partial charge >= 0.3 is 0 Å². The molecule has 1 aromatic carbocycles. The fourth-order valence-corrected chi connectivity index (χ4v) is 3.86. The minimum absolute atomic E-state index is 0.127. The number of hydrogen-bond donors (Lipinski definition) is 1. The van der Waals surface area contributed by atoms with Crippen LogP contribution >= 0.6 is 0 Å². The second-order valence-corrected chi connectivity index (χ2v) is 7.72. The van der Waals surface area contributed by atoms with Crippen LogP contribution in [0.1, 0.15) is 16.8 Å². The predicted molar refractivity (Wildman–Crippen MR) is 115 cm³/mol. The minimum Gasteiger partial charge on any atom is -0.306 e. The number of nitrogens with zero attached hydrogens (tertiary/aromatic N) is 4. The van der Waals surface area contributed by atoms with E-state index in [2.05, 4.69) is 24.8 Å². The number of fused-ring (bicyclic) bond motifs is 1. The lowest BCUT2D eigenvalue weighted by molar-refractivity contribution is 0.241. The fraction of sp³-hybridized carbons (Fsp3) is 0.167. The third kappa shape index (κ3) is 4.04. The van der Waals surface area contributed by atoms with Crippen LogP contribution in [-0.2, 0) is 19.5 Å². The first-order chi connectivity index (χ1) is 15.6. The molecule has 0 saturated heterocycles. The molecule has 4 heterocycles. The van der Waals surface area contributed by atoms with Gasteiger partial charge in [0.2, 0.25) is 0 Å². The molecule has 0 atom stereocenters. The van der Waals surface area contributed by atoms with Gasteiger partial charge in [-0.15, -0.1) is 0 Å². The highest BCUT2D eigenvalue weighted by Gasteiger charge is 2.21. The fourth-order valence-electron chi connectivity index (χ4n) is 3.86. The Morgan fingerprint density at radius 2 is 1.84 bits per heavy atom. The van der Waals surface area contributed by atoms with Crippen molar-refractivity contribution in [3.63, 3.8) is 0 Å². The Bertz CT molecular complexity index is 1320. The molecule has 0 saturated carbocycles. The van der Waals surface area contributed by atoms with Gasteiger partial charge in [0.1, 0.15) is 5.82 Å². The van der Waals surface area contributed by atoms with Crippen molar-refractivity contribution in [2.24, 2.45) is 0 Å². The van der Waals surface area contributed by atoms with E-state index in [0.29, 0.717) is 42.2 Å². The summed E-state index contributed by atoms with van der Waals surface area (Å²) in [6, 6.07) is 11.1. The van der Waals surface area contributed by atoms with E-state index in [4.69, 9.17) is 0 Å². The minimum atomic E-state index is -0.897. The van der Waals surface area contributed by atoms with Crippen LogP contribution in [0.2, 0.25) is 0 Å². The molecule has 0 fully saturated rings. The van der Waals surface area contributed by atoms with Crippen molar-refractivity contribution in [2.45, 2.75) is 19.5 Å². The number of halogens is 2. The number of aromatic amines is 1. The van der Waals surface area contributed by atoms with Crippen LogP contribution in [0.15, 0.2) is 65.8 Å². The normalized spacial score (nSPS) is 13.7. The van der Waals surface area contributed by atoms with Gasteiger partial charge < -0.3 is 4.98 Å². The predicted octanol–water partition coefficient (Wildman–Crippen LogP) is 3.73. The van der Waals surface area contributed by atoms with Crippen LogP contribution < -0.4 is 5.56 Å². The van der Waals surface area contributed by atoms with Gasteiger partial charge in [-0.2, -0.15) is 0 Å². The maximum absolute atomic E-state index is 13.5. The number of aromatic nitrogens is 4. The molecule has 0 spiro atoms. The molecule has 1 aliphatic heterocycles. The molecular weight excluding hydrogens is 412 g/mol. The number of H-pyrrole nitrogens is 1. The average Bonchev–Trinajstić information content (AvgIpc) is 2.82. The number of nitrogens with one attached hydrogen (secondary N) is 1. The molecule has 0 bridgehead atoms. The molecule has 8 heteroatoms. The molecule has 6 nitrogen and oxygen atoms in total. The zero-order valence-corrected chi connectivity index (χ0v) is 17.1. The smallest absolute Gasteiger partial charge is 0.255 e. The Morgan fingerprint density at radius 3 is 2.59 bits per heavy atom. The van der Waals surface area contributed by atoms with E-state index >= 15 is 0 Å². The third-order valence-corrected chi connectivity index (χ3v) is 5.55. The maximum Gasteiger partial charge on any atom is 0.255 e. The van der Waals surface area contributed by atoms with Crippen LogP contribution in [0, 0.1) is 11.6 Å². The van der Waals surface area contributed by atoms with Gasteiger partial charge in [0.05, 0.1) is 17.0 Å². The lowest BCUT2D eigenvalue weighted by atomic mass is 10.1. The van der Waals surface area contributed by atoms with Crippen LogP contribution in [-0.4, -0.2) is 31.4 Å². The van der Waals surface area contributed by atoms with E-state index in [1.165, 1.54) is 6.07 Å². The standard InChI is InChI=1S/C24H19F2N5O/c25-19-3-2-17(11-20(19)26)21-4-1-15(12-28-21)13-31-10-7-22-18(14-31)24(32)30-23(29-22)16-5-8-27-9-6-16/h1-6,8-9,11-12H,7,10,13-14H2,(H,29,30,32). The maximum atomic E-state index is 13.5. The van der Waals surface area contributed by atoms with Crippen LogP contribution in [0.4, 0.5) is 8.78 Å². The first kappa shape index (κ1) is 20.1. The van der Waals surface area contributed by atoms with Crippen molar-refractivity contribution in [2.75, 3.05) is 6.54 Å². The van der Waals surface area contributed by atoms with Gasteiger partial charge in [-0.1, -0.05) is 6.07 Å². The van der Waals surface area contributed by atoms with Gasteiger partial charge in [0, 0.05) is 55.8 Å². The summed E-state index contributed by atoms with van der Waals surface area (Å²) in [6.45, 7) is 1.89. The van der Waals surface area contributed by atoms with Crippen molar-refractivity contribution in [3.8, 4) is 22.6 Å². The SMILES string of the molecule is O=c1[nH]c(-c2ccncc2)nc2c1CN(Cc1ccc(-c3ccc(F)c(F)c3)nc1)CC2. The Morgan fingerprint density at radius 1 is 1.00 bits per heavy atom. The summed E-state index contributed by atoms with van der Waals surface area (Å²) < 4.78 is 26.6. The quantitative estimate of drug-likeness (QED) is 0.533. The largest absolute Gasteiger partial charge is 0.306 e. The van der Waals surface area contributed by atoms with E-state index in [1.54, 1.807) is 24.7 Å². The topological polar surface area (TPSA) is 74.8 Å². The van der Waals surface area contributed by atoms with Crippen molar-refractivity contribution >= 4 is 0 Å². The van der Waals surface area contributed by atoms with E-state index in [-0.39, 0.29) is 5.56 Å². The van der Waals surface area contributed by atoms with Gasteiger partial charge in [0.25, 0.3) is 5.56 Å². The van der Waals surface area contributed by atoms with E-state index in [9.17, 15) is 13.6 Å². The summed E-state index contributed by atoms with van der Waals surface area (Å²) in [6.07, 6.45) is 5.74. The Kier molecular flexibility index (Phi) is 5.28. The number of rotatable bonds is 4.